The second-order valence-corrected chi connectivity index (χ2v) is 7.56. The predicted octanol–water partition coefficient (Wildman–Crippen LogP) is 0.950. The van der Waals surface area contributed by atoms with Crippen LogP contribution < -0.4 is 10.1 Å². The van der Waals surface area contributed by atoms with Crippen molar-refractivity contribution >= 4 is 28.3 Å². The number of carbonyl (C=O) groups excluding carboxylic acids is 1. The molecule has 1 amide bonds. The zero-order chi connectivity index (χ0) is 17.6. The predicted molar refractivity (Wildman–Crippen MR) is 98.7 cm³/mol. The molecule has 1 saturated heterocycles. The van der Waals surface area contributed by atoms with E-state index in [2.05, 4.69) is 10.2 Å². The number of sulfonamides is 1. The number of nitrogens with one attached hydrogen (secondary N) is 1. The van der Waals surface area contributed by atoms with E-state index >= 15 is 0 Å². The molecule has 1 N–H and O–H groups in total. The van der Waals surface area contributed by atoms with E-state index < -0.39 is 10.0 Å². The maximum absolute atomic E-state index is 12.6. The van der Waals surface area contributed by atoms with Crippen LogP contribution in [0.4, 0.5) is 0 Å². The Bertz CT molecular complexity index is 644. The summed E-state index contributed by atoms with van der Waals surface area (Å²) in [7, 11) is -1.92. The molecule has 0 saturated carbocycles. The number of ether oxygens (including phenoxy) is 1. The van der Waals surface area contributed by atoms with Crippen LogP contribution in [-0.4, -0.2) is 69.9 Å². The number of nitrogens with zero attached hydrogens (tertiary/aromatic N) is 2. The highest BCUT2D eigenvalue weighted by molar-refractivity contribution is 7.89. The third-order valence-electron chi connectivity index (χ3n) is 4.10. The Kier molecular flexibility index (Phi) is 8.64. The zero-order valence-electron chi connectivity index (χ0n) is 14.6. The number of hydrogen-bond acceptors (Lipinski definition) is 5. The third-order valence-corrected chi connectivity index (χ3v) is 6.01. The number of halogens is 1. The number of amides is 1. The quantitative estimate of drug-likeness (QED) is 0.748. The van der Waals surface area contributed by atoms with Gasteiger partial charge in [0.2, 0.25) is 15.9 Å². The summed E-state index contributed by atoms with van der Waals surface area (Å²) in [5, 5.41) is 2.83. The minimum Gasteiger partial charge on any atom is -0.497 e. The van der Waals surface area contributed by atoms with Gasteiger partial charge in [0.05, 0.1) is 12.0 Å². The van der Waals surface area contributed by atoms with E-state index in [1.54, 1.807) is 31.4 Å². The van der Waals surface area contributed by atoms with E-state index in [4.69, 9.17) is 4.74 Å². The van der Waals surface area contributed by atoms with E-state index in [1.807, 2.05) is 6.92 Å². The summed E-state index contributed by atoms with van der Waals surface area (Å²) in [5.41, 5.74) is 0. The van der Waals surface area contributed by atoms with Gasteiger partial charge >= 0.3 is 0 Å². The summed E-state index contributed by atoms with van der Waals surface area (Å²) >= 11 is 0. The van der Waals surface area contributed by atoms with Crippen molar-refractivity contribution in [2.75, 3.05) is 46.4 Å². The molecule has 25 heavy (non-hydrogen) atoms. The lowest BCUT2D eigenvalue weighted by Crippen LogP contribution is -2.50. The Labute approximate surface area is 155 Å². The average molecular weight is 392 g/mol. The molecule has 0 atom stereocenters. The van der Waals surface area contributed by atoms with Crippen molar-refractivity contribution in [3.8, 4) is 5.75 Å². The molecule has 0 bridgehead atoms. The van der Waals surface area contributed by atoms with Gasteiger partial charge in [0.15, 0.2) is 0 Å². The van der Waals surface area contributed by atoms with Crippen LogP contribution in [0, 0.1) is 0 Å². The van der Waals surface area contributed by atoms with Gasteiger partial charge in [-0.05, 0) is 24.3 Å². The van der Waals surface area contributed by atoms with Crippen LogP contribution in [-0.2, 0) is 14.8 Å². The molecule has 2 rings (SSSR count). The van der Waals surface area contributed by atoms with Crippen molar-refractivity contribution in [2.24, 2.45) is 0 Å². The summed E-state index contributed by atoms with van der Waals surface area (Å²) < 4.78 is 31.9. The second-order valence-electron chi connectivity index (χ2n) is 5.62. The molecule has 0 unspecified atom stereocenters. The molecule has 1 aliphatic rings. The van der Waals surface area contributed by atoms with E-state index in [0.29, 0.717) is 44.9 Å². The minimum atomic E-state index is -3.47. The lowest BCUT2D eigenvalue weighted by Gasteiger charge is -2.33. The molecule has 7 nitrogen and oxygen atoms in total. The van der Waals surface area contributed by atoms with Crippen LogP contribution in [0.5, 0.6) is 5.75 Å². The van der Waals surface area contributed by atoms with E-state index in [9.17, 15) is 13.2 Å². The number of piperazine rings is 1. The number of methoxy groups -OCH3 is 1. The van der Waals surface area contributed by atoms with Gasteiger partial charge in [0.1, 0.15) is 5.75 Å². The van der Waals surface area contributed by atoms with Crippen molar-refractivity contribution in [1.29, 1.82) is 0 Å². The van der Waals surface area contributed by atoms with Gasteiger partial charge in [-0.1, -0.05) is 6.92 Å². The van der Waals surface area contributed by atoms with Crippen LogP contribution >= 0.6 is 12.4 Å². The molecule has 1 aromatic carbocycles. The van der Waals surface area contributed by atoms with Gasteiger partial charge in [-0.15, -0.1) is 12.4 Å². The first-order valence-electron chi connectivity index (χ1n) is 8.10. The molecule has 0 aliphatic carbocycles. The van der Waals surface area contributed by atoms with Crippen molar-refractivity contribution in [2.45, 2.75) is 18.2 Å². The molecule has 1 aromatic rings. The summed E-state index contributed by atoms with van der Waals surface area (Å²) in [6.45, 7) is 5.39. The molecule has 0 spiro atoms. The van der Waals surface area contributed by atoms with Crippen LogP contribution in [0.25, 0.3) is 0 Å². The maximum Gasteiger partial charge on any atom is 0.243 e. The van der Waals surface area contributed by atoms with Gasteiger partial charge in [-0.25, -0.2) is 8.42 Å². The summed E-state index contributed by atoms with van der Waals surface area (Å²) in [6, 6.07) is 6.45. The first kappa shape index (κ1) is 21.7. The molecular formula is C16H26ClN3O4S. The highest BCUT2D eigenvalue weighted by Gasteiger charge is 2.28. The number of benzene rings is 1. The molecule has 9 heteroatoms. The maximum atomic E-state index is 12.6. The average Bonchev–Trinajstić information content (AvgIpc) is 2.62. The van der Waals surface area contributed by atoms with Crippen LogP contribution in [0.2, 0.25) is 0 Å². The first-order chi connectivity index (χ1) is 11.5. The van der Waals surface area contributed by atoms with E-state index in [0.717, 1.165) is 6.54 Å². The minimum absolute atomic E-state index is 0. The summed E-state index contributed by atoms with van der Waals surface area (Å²) in [6.07, 6.45) is 0.480. The highest BCUT2D eigenvalue weighted by Crippen LogP contribution is 2.20. The van der Waals surface area contributed by atoms with Gasteiger partial charge < -0.3 is 10.1 Å². The molecule has 1 fully saturated rings. The summed E-state index contributed by atoms with van der Waals surface area (Å²) in [4.78, 5) is 13.7. The number of hydrogen-bond donors (Lipinski definition) is 1. The van der Waals surface area contributed by atoms with Crippen LogP contribution in [0.15, 0.2) is 29.2 Å². The topological polar surface area (TPSA) is 79.0 Å². The fraction of sp³-hybridized carbons (Fsp3) is 0.562. The summed E-state index contributed by atoms with van der Waals surface area (Å²) in [5.74, 6) is 0.670. The van der Waals surface area contributed by atoms with Gasteiger partial charge in [-0.2, -0.15) is 4.31 Å². The molecule has 142 valence electrons. The van der Waals surface area contributed by atoms with E-state index in [-0.39, 0.29) is 23.2 Å². The van der Waals surface area contributed by atoms with Crippen molar-refractivity contribution in [1.82, 2.24) is 14.5 Å². The number of carbonyl (C=O) groups is 1. The zero-order valence-corrected chi connectivity index (χ0v) is 16.2. The van der Waals surface area contributed by atoms with Crippen molar-refractivity contribution < 1.29 is 17.9 Å². The van der Waals surface area contributed by atoms with Gasteiger partial charge in [0, 0.05) is 45.7 Å². The first-order valence-corrected chi connectivity index (χ1v) is 9.54. The molecular weight excluding hydrogens is 366 g/mol. The second kappa shape index (κ2) is 9.96. The van der Waals surface area contributed by atoms with Crippen LogP contribution in [0.3, 0.4) is 0 Å². The van der Waals surface area contributed by atoms with Crippen molar-refractivity contribution in [3.63, 3.8) is 0 Å². The van der Waals surface area contributed by atoms with Crippen LogP contribution in [0.1, 0.15) is 13.3 Å². The lowest BCUT2D eigenvalue weighted by molar-refractivity contribution is -0.120. The monoisotopic (exact) mass is 391 g/mol. The Balaban J connectivity index is 0.00000312. The Morgan fingerprint density at radius 2 is 1.76 bits per heavy atom. The molecule has 1 aliphatic heterocycles. The molecule has 0 radical (unpaired) electrons. The number of rotatable bonds is 7. The Hall–Kier alpha value is -1.35. The fourth-order valence-electron chi connectivity index (χ4n) is 2.57. The van der Waals surface area contributed by atoms with Crippen molar-refractivity contribution in [3.05, 3.63) is 24.3 Å². The third kappa shape index (κ3) is 5.85. The van der Waals surface area contributed by atoms with Gasteiger partial charge in [-0.3, -0.25) is 9.69 Å². The Morgan fingerprint density at radius 1 is 1.16 bits per heavy atom. The standard InChI is InChI=1S/C16H25N3O4S.ClH/c1-3-16(20)17-8-9-18-10-12-19(13-11-18)24(21,22)15-6-4-14(23-2)5-7-15;/h4-7H,3,8-13H2,1-2H3,(H,17,20);1H. The SMILES string of the molecule is CCC(=O)NCCN1CCN(S(=O)(=O)c2ccc(OC)cc2)CC1.Cl. The smallest absolute Gasteiger partial charge is 0.243 e. The fourth-order valence-corrected chi connectivity index (χ4v) is 3.99. The molecule has 1 heterocycles. The molecule has 0 aromatic heterocycles. The van der Waals surface area contributed by atoms with E-state index in [1.165, 1.54) is 4.31 Å². The Morgan fingerprint density at radius 3 is 2.28 bits per heavy atom. The van der Waals surface area contributed by atoms with Gasteiger partial charge in [0.25, 0.3) is 0 Å². The lowest BCUT2D eigenvalue weighted by atomic mass is 10.3. The highest BCUT2D eigenvalue weighted by atomic mass is 35.5. The largest absolute Gasteiger partial charge is 0.497 e. The normalized spacial score (nSPS) is 16.1.